The zero-order valence-corrected chi connectivity index (χ0v) is 12.6. The first-order valence-corrected chi connectivity index (χ1v) is 6.83. The number of nitrogens with zero attached hydrogens (tertiary/aromatic N) is 1. The topological polar surface area (TPSA) is 38.8 Å². The van der Waals surface area contributed by atoms with Crippen molar-refractivity contribution in [3.63, 3.8) is 0 Å². The standard InChI is InChI=1S/C14H29NO3/c1-12(2)14(16)6-8-17-10-11-18-9-7-15(5)13(3)4/h12-13H,6-11H2,1-5H3. The van der Waals surface area contributed by atoms with E-state index in [1.807, 2.05) is 13.8 Å². The second kappa shape index (κ2) is 10.5. The van der Waals surface area contributed by atoms with Crippen LogP contribution in [-0.4, -0.2) is 56.7 Å². The fourth-order valence-electron chi connectivity index (χ4n) is 1.25. The van der Waals surface area contributed by atoms with E-state index < -0.39 is 0 Å². The molecule has 0 aromatic heterocycles. The van der Waals surface area contributed by atoms with E-state index in [-0.39, 0.29) is 11.7 Å². The molecule has 0 aromatic carbocycles. The van der Waals surface area contributed by atoms with Crippen molar-refractivity contribution in [3.05, 3.63) is 0 Å². The smallest absolute Gasteiger partial charge is 0.137 e. The Kier molecular flexibility index (Phi) is 10.2. The molecule has 0 fully saturated rings. The fraction of sp³-hybridized carbons (Fsp3) is 0.929. The van der Waals surface area contributed by atoms with Gasteiger partial charge < -0.3 is 14.4 Å². The Bertz CT molecular complexity index is 217. The van der Waals surface area contributed by atoms with Crippen molar-refractivity contribution < 1.29 is 14.3 Å². The molecule has 0 aliphatic rings. The highest BCUT2D eigenvalue weighted by Crippen LogP contribution is 1.98. The largest absolute Gasteiger partial charge is 0.379 e. The molecule has 0 rings (SSSR count). The summed E-state index contributed by atoms with van der Waals surface area (Å²) in [5, 5.41) is 0. The van der Waals surface area contributed by atoms with Crippen LogP contribution in [0.15, 0.2) is 0 Å². The van der Waals surface area contributed by atoms with Crippen molar-refractivity contribution in [2.24, 2.45) is 5.92 Å². The Morgan fingerprint density at radius 2 is 1.56 bits per heavy atom. The molecule has 0 saturated heterocycles. The first kappa shape index (κ1) is 17.6. The Balaban J connectivity index is 3.24. The van der Waals surface area contributed by atoms with Crippen molar-refractivity contribution in [2.75, 3.05) is 40.0 Å². The summed E-state index contributed by atoms with van der Waals surface area (Å²) < 4.78 is 10.8. The van der Waals surface area contributed by atoms with E-state index in [2.05, 4.69) is 25.8 Å². The Labute approximate surface area is 112 Å². The van der Waals surface area contributed by atoms with Gasteiger partial charge in [-0.25, -0.2) is 0 Å². The van der Waals surface area contributed by atoms with E-state index in [0.717, 1.165) is 13.2 Å². The molecule has 0 unspecified atom stereocenters. The summed E-state index contributed by atoms with van der Waals surface area (Å²) >= 11 is 0. The lowest BCUT2D eigenvalue weighted by Crippen LogP contribution is -2.30. The van der Waals surface area contributed by atoms with Gasteiger partial charge >= 0.3 is 0 Å². The lowest BCUT2D eigenvalue weighted by atomic mass is 10.1. The van der Waals surface area contributed by atoms with E-state index in [4.69, 9.17) is 9.47 Å². The molecule has 0 amide bonds. The molecule has 0 aliphatic heterocycles. The van der Waals surface area contributed by atoms with E-state index in [1.54, 1.807) is 0 Å². The molecule has 0 saturated carbocycles. The number of hydrogen-bond acceptors (Lipinski definition) is 4. The van der Waals surface area contributed by atoms with Crippen LogP contribution in [0.4, 0.5) is 0 Å². The minimum atomic E-state index is 0.108. The monoisotopic (exact) mass is 259 g/mol. The van der Waals surface area contributed by atoms with Gasteiger partial charge in [0.2, 0.25) is 0 Å². The minimum Gasteiger partial charge on any atom is -0.379 e. The molecule has 0 aromatic rings. The summed E-state index contributed by atoms with van der Waals surface area (Å²) in [6.07, 6.45) is 0.508. The molecule has 0 N–H and O–H groups in total. The van der Waals surface area contributed by atoms with Crippen LogP contribution in [0.1, 0.15) is 34.1 Å². The van der Waals surface area contributed by atoms with Gasteiger partial charge in [-0.15, -0.1) is 0 Å². The minimum absolute atomic E-state index is 0.108. The SMILES string of the molecule is CC(C)C(=O)CCOCCOCCN(C)C(C)C. The van der Waals surface area contributed by atoms with Gasteiger partial charge in [0.15, 0.2) is 0 Å². The molecule has 0 aliphatic carbocycles. The third-order valence-corrected chi connectivity index (χ3v) is 2.98. The van der Waals surface area contributed by atoms with E-state index in [1.165, 1.54) is 0 Å². The van der Waals surface area contributed by atoms with Crippen molar-refractivity contribution >= 4 is 5.78 Å². The van der Waals surface area contributed by atoms with Crippen LogP contribution in [0.3, 0.4) is 0 Å². The maximum Gasteiger partial charge on any atom is 0.137 e. The normalized spacial score (nSPS) is 11.8. The van der Waals surface area contributed by atoms with Gasteiger partial charge in [0, 0.05) is 24.9 Å². The first-order chi connectivity index (χ1) is 8.45. The Hall–Kier alpha value is -0.450. The summed E-state index contributed by atoms with van der Waals surface area (Å²) in [6, 6.07) is 0.548. The Morgan fingerprint density at radius 3 is 2.06 bits per heavy atom. The maximum absolute atomic E-state index is 11.3. The molecule has 0 heterocycles. The van der Waals surface area contributed by atoms with Crippen LogP contribution >= 0.6 is 0 Å². The lowest BCUT2D eigenvalue weighted by Gasteiger charge is -2.20. The highest BCUT2D eigenvalue weighted by atomic mass is 16.5. The van der Waals surface area contributed by atoms with Crippen LogP contribution < -0.4 is 0 Å². The quantitative estimate of drug-likeness (QED) is 0.532. The number of ether oxygens (including phenoxy) is 2. The molecule has 0 atom stereocenters. The summed E-state index contributed by atoms with van der Waals surface area (Å²) in [7, 11) is 2.09. The molecule has 4 heteroatoms. The van der Waals surface area contributed by atoms with Crippen LogP contribution in [0.2, 0.25) is 0 Å². The van der Waals surface area contributed by atoms with Gasteiger partial charge in [0.25, 0.3) is 0 Å². The Morgan fingerprint density at radius 1 is 1.00 bits per heavy atom. The maximum atomic E-state index is 11.3. The lowest BCUT2D eigenvalue weighted by molar-refractivity contribution is -0.123. The number of ketones is 1. The van der Waals surface area contributed by atoms with Crippen molar-refractivity contribution in [2.45, 2.75) is 40.2 Å². The number of carbonyl (C=O) groups excluding carboxylic acids is 1. The zero-order valence-electron chi connectivity index (χ0n) is 12.6. The molecule has 0 bridgehead atoms. The average Bonchev–Trinajstić information content (AvgIpc) is 2.31. The van der Waals surface area contributed by atoms with Crippen molar-refractivity contribution in [1.82, 2.24) is 4.90 Å². The second-order valence-electron chi connectivity index (χ2n) is 5.17. The molecule has 0 radical (unpaired) electrons. The summed E-state index contributed by atoms with van der Waals surface area (Å²) in [5.41, 5.74) is 0. The van der Waals surface area contributed by atoms with Crippen LogP contribution in [0, 0.1) is 5.92 Å². The predicted molar refractivity (Wildman–Crippen MR) is 73.9 cm³/mol. The molecule has 4 nitrogen and oxygen atoms in total. The summed E-state index contributed by atoms with van der Waals surface area (Å²) in [5.74, 6) is 0.367. The number of likely N-dealkylation sites (N-methyl/N-ethyl adjacent to an activating group) is 1. The molecule has 0 spiro atoms. The van der Waals surface area contributed by atoms with E-state index >= 15 is 0 Å². The number of Topliss-reactive ketones (excluding diaryl/α,β-unsaturated/α-hetero) is 1. The molecule has 18 heavy (non-hydrogen) atoms. The molecular formula is C14H29NO3. The summed E-state index contributed by atoms with van der Waals surface area (Å²) in [6.45, 7) is 11.5. The number of rotatable bonds is 11. The highest BCUT2D eigenvalue weighted by molar-refractivity contribution is 5.80. The third kappa shape index (κ3) is 9.57. The van der Waals surface area contributed by atoms with Gasteiger partial charge in [0.05, 0.1) is 26.4 Å². The third-order valence-electron chi connectivity index (χ3n) is 2.98. The average molecular weight is 259 g/mol. The molecule has 108 valence electrons. The van der Waals surface area contributed by atoms with E-state index in [9.17, 15) is 4.79 Å². The second-order valence-corrected chi connectivity index (χ2v) is 5.17. The van der Waals surface area contributed by atoms with Crippen LogP contribution in [-0.2, 0) is 14.3 Å². The zero-order chi connectivity index (χ0) is 14.0. The number of hydrogen-bond donors (Lipinski definition) is 0. The predicted octanol–water partition coefficient (Wildman–Crippen LogP) is 1.97. The van der Waals surface area contributed by atoms with Crippen LogP contribution in [0.5, 0.6) is 0 Å². The first-order valence-electron chi connectivity index (χ1n) is 6.83. The summed E-state index contributed by atoms with van der Waals surface area (Å²) in [4.78, 5) is 13.5. The van der Waals surface area contributed by atoms with Gasteiger partial charge in [-0.2, -0.15) is 0 Å². The van der Waals surface area contributed by atoms with Crippen molar-refractivity contribution in [1.29, 1.82) is 0 Å². The number of carbonyl (C=O) groups is 1. The van der Waals surface area contributed by atoms with Gasteiger partial charge in [0.1, 0.15) is 5.78 Å². The van der Waals surface area contributed by atoms with Gasteiger partial charge in [-0.3, -0.25) is 4.79 Å². The van der Waals surface area contributed by atoms with Crippen LogP contribution in [0.25, 0.3) is 0 Å². The fourth-order valence-corrected chi connectivity index (χ4v) is 1.25. The van der Waals surface area contributed by atoms with Crippen molar-refractivity contribution in [3.8, 4) is 0 Å². The van der Waals surface area contributed by atoms with Gasteiger partial charge in [-0.05, 0) is 20.9 Å². The highest BCUT2D eigenvalue weighted by Gasteiger charge is 2.06. The van der Waals surface area contributed by atoms with E-state index in [0.29, 0.717) is 32.3 Å². The van der Waals surface area contributed by atoms with Gasteiger partial charge in [-0.1, -0.05) is 13.8 Å². The molecular weight excluding hydrogens is 230 g/mol.